The number of piperazine rings is 1. The highest BCUT2D eigenvalue weighted by molar-refractivity contribution is 5.98. The normalized spacial score (nSPS) is 25.6. The summed E-state index contributed by atoms with van der Waals surface area (Å²) in [5.74, 6) is -9.15. The molecule has 4 atom stereocenters. The van der Waals surface area contributed by atoms with E-state index in [0.717, 1.165) is 33.1 Å². The van der Waals surface area contributed by atoms with Gasteiger partial charge in [0, 0.05) is 43.6 Å². The molecule has 218 valence electrons. The smallest absolute Gasteiger partial charge is 0.417 e. The monoisotopic (exact) mass is 574 g/mol. The minimum atomic E-state index is -4.96. The van der Waals surface area contributed by atoms with E-state index in [2.05, 4.69) is 10.3 Å². The maximum absolute atomic E-state index is 14.7. The molecule has 2 aromatic rings. The van der Waals surface area contributed by atoms with Crippen LogP contribution in [0.3, 0.4) is 0 Å². The number of nitrogens with zero attached hydrogens (tertiary/aromatic N) is 3. The summed E-state index contributed by atoms with van der Waals surface area (Å²) in [6, 6.07) is 2.71. The average Bonchev–Trinajstić information content (AvgIpc) is 3.18. The molecule has 1 aromatic carbocycles. The van der Waals surface area contributed by atoms with E-state index in [1.807, 2.05) is 11.9 Å². The minimum Gasteiger partial charge on any atom is -0.493 e. The zero-order chi connectivity index (χ0) is 29.6. The van der Waals surface area contributed by atoms with Crippen molar-refractivity contribution in [3.05, 3.63) is 53.1 Å². The predicted octanol–water partition coefficient (Wildman–Crippen LogP) is 3.97. The molecule has 3 heterocycles. The van der Waals surface area contributed by atoms with Crippen LogP contribution in [0.25, 0.3) is 0 Å². The van der Waals surface area contributed by atoms with Crippen LogP contribution in [0.15, 0.2) is 24.4 Å². The van der Waals surface area contributed by atoms with Crippen LogP contribution in [0.1, 0.15) is 35.8 Å². The molecule has 2 amide bonds. The number of halogens is 6. The van der Waals surface area contributed by atoms with Gasteiger partial charge in [0.15, 0.2) is 23.0 Å². The lowest BCUT2D eigenvalue weighted by Gasteiger charge is -2.32. The molecular weight excluding hydrogens is 546 g/mol. The zero-order valence-electron chi connectivity index (χ0n) is 22.1. The first kappa shape index (κ1) is 29.6. The van der Waals surface area contributed by atoms with Gasteiger partial charge in [0.05, 0.1) is 19.0 Å². The Morgan fingerprint density at radius 2 is 1.77 bits per heavy atom. The topological polar surface area (TPSA) is 84.0 Å². The van der Waals surface area contributed by atoms with Crippen LogP contribution in [-0.4, -0.2) is 84.8 Å². The number of amides is 2. The van der Waals surface area contributed by atoms with E-state index in [1.165, 1.54) is 4.90 Å². The van der Waals surface area contributed by atoms with E-state index >= 15 is 0 Å². The lowest BCUT2D eigenvalue weighted by molar-refractivity contribution is -0.272. The van der Waals surface area contributed by atoms with Gasteiger partial charge in [-0.15, -0.1) is 0 Å². The Bertz CT molecular complexity index is 1300. The van der Waals surface area contributed by atoms with Crippen LogP contribution in [0.4, 0.5) is 32.0 Å². The van der Waals surface area contributed by atoms with Crippen molar-refractivity contribution in [2.75, 3.05) is 45.7 Å². The molecule has 1 aromatic heterocycles. The minimum absolute atomic E-state index is 0.180. The summed E-state index contributed by atoms with van der Waals surface area (Å²) in [5.41, 5.74) is -3.80. The van der Waals surface area contributed by atoms with E-state index in [1.54, 1.807) is 0 Å². The van der Waals surface area contributed by atoms with Crippen molar-refractivity contribution in [3.8, 4) is 5.75 Å². The maximum Gasteiger partial charge on any atom is 0.417 e. The lowest BCUT2D eigenvalue weighted by atomic mass is 9.77. The van der Waals surface area contributed by atoms with Gasteiger partial charge in [-0.25, -0.2) is 13.8 Å². The molecule has 0 unspecified atom stereocenters. The summed E-state index contributed by atoms with van der Waals surface area (Å²) in [6.07, 6.45) is -6.17. The Kier molecular flexibility index (Phi) is 8.05. The number of benzene rings is 1. The fraction of sp³-hybridized carbons (Fsp3) is 0.500. The van der Waals surface area contributed by atoms with Gasteiger partial charge in [-0.05, 0) is 26.1 Å². The number of nitrogens with one attached hydrogen (secondary N) is 1. The highest BCUT2D eigenvalue weighted by Gasteiger charge is 2.66. The average molecular weight is 575 g/mol. The molecule has 0 saturated carbocycles. The number of hydrogen-bond donors (Lipinski definition) is 1. The van der Waals surface area contributed by atoms with Crippen LogP contribution < -0.4 is 10.1 Å². The van der Waals surface area contributed by atoms with Crippen LogP contribution in [-0.2, 0) is 9.53 Å². The van der Waals surface area contributed by atoms with Gasteiger partial charge in [0.2, 0.25) is 5.82 Å². The molecule has 2 aliphatic heterocycles. The molecule has 1 N–H and O–H groups in total. The third kappa shape index (κ3) is 5.21. The summed E-state index contributed by atoms with van der Waals surface area (Å²) >= 11 is 0. The quantitative estimate of drug-likeness (QED) is 0.545. The van der Waals surface area contributed by atoms with Crippen molar-refractivity contribution in [1.29, 1.82) is 0 Å². The molecule has 40 heavy (non-hydrogen) atoms. The second kappa shape index (κ2) is 10.9. The molecule has 0 aliphatic carbocycles. The van der Waals surface area contributed by atoms with Crippen molar-refractivity contribution in [2.45, 2.75) is 37.6 Å². The molecule has 8 nitrogen and oxygen atoms in total. The number of pyridine rings is 1. The number of likely N-dealkylation sites (N-methyl/N-ethyl adjacent to an activating group) is 1. The number of ether oxygens (including phenoxy) is 2. The van der Waals surface area contributed by atoms with Crippen LogP contribution in [0.2, 0.25) is 0 Å². The van der Waals surface area contributed by atoms with Gasteiger partial charge in [0.1, 0.15) is 11.8 Å². The number of anilines is 1. The number of carbonyl (C=O) groups excluding carboxylic acids is 2. The molecule has 2 aliphatic rings. The summed E-state index contributed by atoms with van der Waals surface area (Å²) in [5, 5.41) is 2.20. The Balaban J connectivity index is 1.68. The second-order valence-corrected chi connectivity index (χ2v) is 10.1. The molecular formula is C26H28F6N4O4. The first-order valence-corrected chi connectivity index (χ1v) is 12.4. The highest BCUT2D eigenvalue weighted by atomic mass is 19.4. The van der Waals surface area contributed by atoms with Crippen LogP contribution >= 0.6 is 0 Å². The largest absolute Gasteiger partial charge is 0.493 e. The van der Waals surface area contributed by atoms with Gasteiger partial charge < -0.3 is 24.6 Å². The van der Waals surface area contributed by atoms with Gasteiger partial charge in [-0.2, -0.15) is 17.6 Å². The van der Waals surface area contributed by atoms with Crippen LogP contribution in [0, 0.1) is 23.4 Å². The number of methoxy groups -OCH3 is 1. The zero-order valence-corrected chi connectivity index (χ0v) is 22.1. The van der Waals surface area contributed by atoms with Gasteiger partial charge >= 0.3 is 6.18 Å². The fourth-order valence-electron chi connectivity index (χ4n) is 5.07. The first-order chi connectivity index (χ1) is 18.7. The highest BCUT2D eigenvalue weighted by Crippen LogP contribution is 2.55. The van der Waals surface area contributed by atoms with E-state index < -0.39 is 70.4 Å². The lowest BCUT2D eigenvalue weighted by Crippen LogP contribution is -2.47. The number of alkyl halides is 3. The number of hydrogen-bond acceptors (Lipinski definition) is 6. The summed E-state index contributed by atoms with van der Waals surface area (Å²) in [7, 11) is 2.90. The van der Waals surface area contributed by atoms with Crippen molar-refractivity contribution in [1.82, 2.24) is 14.8 Å². The van der Waals surface area contributed by atoms with E-state index in [-0.39, 0.29) is 11.3 Å². The molecule has 0 radical (unpaired) electrons. The summed E-state index contributed by atoms with van der Waals surface area (Å²) in [6.45, 7) is 3.92. The van der Waals surface area contributed by atoms with E-state index in [9.17, 15) is 35.9 Å². The predicted molar refractivity (Wildman–Crippen MR) is 130 cm³/mol. The summed E-state index contributed by atoms with van der Waals surface area (Å²) in [4.78, 5) is 33.6. The fourth-order valence-corrected chi connectivity index (χ4v) is 5.07. The Morgan fingerprint density at radius 1 is 1.12 bits per heavy atom. The molecule has 0 spiro atoms. The summed E-state index contributed by atoms with van der Waals surface area (Å²) < 4.78 is 95.8. The van der Waals surface area contributed by atoms with E-state index in [0.29, 0.717) is 38.4 Å². The third-order valence-electron chi connectivity index (χ3n) is 7.69. The maximum atomic E-state index is 14.7. The van der Waals surface area contributed by atoms with Crippen molar-refractivity contribution < 1.29 is 45.4 Å². The molecule has 14 heteroatoms. The Labute approximate surface area is 226 Å². The first-order valence-electron chi connectivity index (χ1n) is 12.4. The van der Waals surface area contributed by atoms with E-state index in [4.69, 9.17) is 9.47 Å². The van der Waals surface area contributed by atoms with Crippen LogP contribution in [0.5, 0.6) is 5.75 Å². The molecule has 4 rings (SSSR count). The number of rotatable bonds is 5. The Hall–Kier alpha value is -3.39. The molecule has 2 saturated heterocycles. The van der Waals surface area contributed by atoms with Crippen molar-refractivity contribution in [2.24, 2.45) is 5.92 Å². The number of aromatic nitrogens is 1. The number of carbonyl (C=O) groups is 2. The van der Waals surface area contributed by atoms with Gasteiger partial charge in [-0.1, -0.05) is 13.0 Å². The van der Waals surface area contributed by atoms with Crippen molar-refractivity contribution in [3.63, 3.8) is 0 Å². The molecule has 2 fully saturated rings. The standard InChI is InChI=1S/C26H28F6N4O4/c1-13-19(14-5-6-15(27)20(29)21(14)39-4)22(40-25(13,2)26(30,31)32)23(37)34-17-11-18(33-12-16(17)28)24(38)36-9-7-35(3)8-10-36/h5-6,11-13,19,22H,7-10H2,1-4H3,(H,33,34,37)/t13-,19-,22+,25+/m0/s1. The van der Waals surface area contributed by atoms with Crippen molar-refractivity contribution >= 4 is 17.5 Å². The Morgan fingerprint density at radius 3 is 2.38 bits per heavy atom. The molecule has 0 bridgehead atoms. The third-order valence-corrected chi connectivity index (χ3v) is 7.69. The van der Waals surface area contributed by atoms with Gasteiger partial charge in [0.25, 0.3) is 11.8 Å². The SMILES string of the molecule is COc1c([C@H]2[C@H](C(=O)Nc3cc(C(=O)N4CCN(C)CC4)ncc3F)O[C@@](C)(C(F)(F)F)[C@H]2C)ccc(F)c1F. The second-order valence-electron chi connectivity index (χ2n) is 10.1. The van der Waals surface area contributed by atoms with Gasteiger partial charge in [-0.3, -0.25) is 9.59 Å².